The molecule has 0 aromatic heterocycles. The molecule has 0 aliphatic carbocycles. The van der Waals surface area contributed by atoms with Gasteiger partial charge in [0, 0.05) is 0 Å². The number of nitrogens with one attached hydrogen (secondary N) is 2. The van der Waals surface area contributed by atoms with E-state index in [2.05, 4.69) is 10.6 Å². The van der Waals surface area contributed by atoms with Crippen molar-refractivity contribution in [2.45, 2.75) is 6.29 Å². The third kappa shape index (κ3) is 1.46. The van der Waals surface area contributed by atoms with Crippen molar-refractivity contribution in [3.8, 4) is 0 Å². The first-order valence-electron chi connectivity index (χ1n) is 2.89. The van der Waals surface area contributed by atoms with Crippen LogP contribution in [0.4, 0.5) is 0 Å². The molecular weight excluding hydrogens is 188 g/mol. The minimum absolute atomic E-state index is 0.351. The SMILES string of the molecule is NC1NC(=O)C([N+](=O)[O-])=C(Cl)N1. The fourth-order valence-corrected chi connectivity index (χ4v) is 0.986. The Hall–Kier alpha value is -1.34. The van der Waals surface area contributed by atoms with Gasteiger partial charge in [0.2, 0.25) is 0 Å². The van der Waals surface area contributed by atoms with E-state index in [0.29, 0.717) is 0 Å². The average Bonchev–Trinajstić information content (AvgIpc) is 1.82. The molecule has 66 valence electrons. The highest BCUT2D eigenvalue weighted by Crippen LogP contribution is 2.10. The van der Waals surface area contributed by atoms with Gasteiger partial charge in [-0.05, 0) is 0 Å². The lowest BCUT2D eigenvalue weighted by atomic mass is 10.4. The van der Waals surface area contributed by atoms with Crippen molar-refractivity contribution in [1.29, 1.82) is 0 Å². The second-order valence-corrected chi connectivity index (χ2v) is 2.39. The normalized spacial score (nSPS) is 23.2. The van der Waals surface area contributed by atoms with Crippen LogP contribution in [-0.2, 0) is 4.79 Å². The highest BCUT2D eigenvalue weighted by molar-refractivity contribution is 6.31. The number of nitrogens with two attached hydrogens (primary N) is 1. The predicted octanol–water partition coefficient (Wildman–Crippen LogP) is -1.37. The minimum atomic E-state index is -0.892. The van der Waals surface area contributed by atoms with Gasteiger partial charge < -0.3 is 10.6 Å². The highest BCUT2D eigenvalue weighted by Gasteiger charge is 2.32. The van der Waals surface area contributed by atoms with E-state index in [1.54, 1.807) is 0 Å². The molecule has 1 heterocycles. The number of carbonyl (C=O) groups is 1. The minimum Gasteiger partial charge on any atom is -0.338 e. The molecular formula is C4H5ClN4O3. The molecule has 1 atom stereocenters. The van der Waals surface area contributed by atoms with Gasteiger partial charge in [0.1, 0.15) is 0 Å². The molecule has 4 N–H and O–H groups in total. The van der Waals surface area contributed by atoms with Gasteiger partial charge in [0.05, 0.1) is 4.92 Å². The summed E-state index contributed by atoms with van der Waals surface area (Å²) in [6.07, 6.45) is -0.881. The van der Waals surface area contributed by atoms with Crippen molar-refractivity contribution in [2.75, 3.05) is 0 Å². The van der Waals surface area contributed by atoms with Crippen LogP contribution in [0.25, 0.3) is 0 Å². The number of halogens is 1. The molecule has 7 nitrogen and oxygen atoms in total. The van der Waals surface area contributed by atoms with Crippen LogP contribution in [0.15, 0.2) is 10.9 Å². The van der Waals surface area contributed by atoms with Crippen LogP contribution in [-0.4, -0.2) is 17.1 Å². The Labute approximate surface area is 71.7 Å². The Kier molecular flexibility index (Phi) is 2.15. The number of carbonyl (C=O) groups excluding carboxylic acids is 1. The van der Waals surface area contributed by atoms with Crippen LogP contribution in [0.2, 0.25) is 0 Å². The molecule has 12 heavy (non-hydrogen) atoms. The van der Waals surface area contributed by atoms with E-state index in [9.17, 15) is 14.9 Å². The summed E-state index contributed by atoms with van der Waals surface area (Å²) >= 11 is 5.35. The monoisotopic (exact) mass is 192 g/mol. The van der Waals surface area contributed by atoms with Gasteiger partial charge >= 0.3 is 11.6 Å². The number of hydrogen-bond acceptors (Lipinski definition) is 5. The molecule has 0 aromatic carbocycles. The maximum atomic E-state index is 10.8. The van der Waals surface area contributed by atoms with Crippen LogP contribution < -0.4 is 16.4 Å². The number of amides is 1. The standard InChI is InChI=1S/C4H5ClN4O3/c5-2-1(9(11)12)3(10)8-4(6)7-2/h4,7H,6H2,(H,8,10). The van der Waals surface area contributed by atoms with Crippen molar-refractivity contribution in [2.24, 2.45) is 5.73 Å². The Morgan fingerprint density at radius 2 is 2.17 bits per heavy atom. The summed E-state index contributed by atoms with van der Waals surface area (Å²) in [6.45, 7) is 0. The number of hydrogen-bond donors (Lipinski definition) is 3. The van der Waals surface area contributed by atoms with Crippen LogP contribution in [0.3, 0.4) is 0 Å². The second-order valence-electron chi connectivity index (χ2n) is 2.02. The Balaban J connectivity index is 3.01. The lowest BCUT2D eigenvalue weighted by molar-refractivity contribution is -0.420. The van der Waals surface area contributed by atoms with Crippen molar-refractivity contribution < 1.29 is 9.72 Å². The molecule has 0 radical (unpaired) electrons. The molecule has 1 unspecified atom stereocenters. The molecule has 0 bridgehead atoms. The summed E-state index contributed by atoms with van der Waals surface area (Å²) in [7, 11) is 0. The van der Waals surface area contributed by atoms with Gasteiger partial charge in [-0.3, -0.25) is 20.6 Å². The van der Waals surface area contributed by atoms with Crippen molar-refractivity contribution in [3.05, 3.63) is 21.0 Å². The van der Waals surface area contributed by atoms with E-state index in [1.165, 1.54) is 0 Å². The lowest BCUT2D eigenvalue weighted by Crippen LogP contribution is -2.55. The zero-order valence-electron chi connectivity index (χ0n) is 5.70. The van der Waals surface area contributed by atoms with Crippen molar-refractivity contribution >= 4 is 17.5 Å². The fourth-order valence-electron chi connectivity index (χ4n) is 0.713. The smallest absolute Gasteiger partial charge is 0.338 e. The first kappa shape index (κ1) is 8.75. The van der Waals surface area contributed by atoms with Gasteiger partial charge in [0.15, 0.2) is 11.4 Å². The molecule has 0 fully saturated rings. The quantitative estimate of drug-likeness (QED) is 0.270. The number of nitrogens with zero attached hydrogens (tertiary/aromatic N) is 1. The molecule has 8 heteroatoms. The number of rotatable bonds is 1. The van der Waals surface area contributed by atoms with E-state index in [0.717, 1.165) is 0 Å². The first-order chi connectivity index (χ1) is 5.52. The summed E-state index contributed by atoms with van der Waals surface area (Å²) < 4.78 is 0. The maximum Gasteiger partial charge on any atom is 0.368 e. The average molecular weight is 193 g/mol. The van der Waals surface area contributed by atoms with Gasteiger partial charge in [-0.1, -0.05) is 11.6 Å². The molecule has 1 aliphatic rings. The third-order valence-corrected chi connectivity index (χ3v) is 1.46. The van der Waals surface area contributed by atoms with E-state index < -0.39 is 22.8 Å². The summed E-state index contributed by atoms with van der Waals surface area (Å²) in [5.74, 6) is -0.892. The topological polar surface area (TPSA) is 110 Å². The highest BCUT2D eigenvalue weighted by atomic mass is 35.5. The molecule has 1 rings (SSSR count). The third-order valence-electron chi connectivity index (χ3n) is 1.17. The lowest BCUT2D eigenvalue weighted by Gasteiger charge is -2.19. The molecule has 1 aliphatic heterocycles. The van der Waals surface area contributed by atoms with E-state index in [-0.39, 0.29) is 5.16 Å². The summed E-state index contributed by atoms with van der Waals surface area (Å²) in [5, 5.41) is 14.2. The van der Waals surface area contributed by atoms with Crippen molar-refractivity contribution in [3.63, 3.8) is 0 Å². The van der Waals surface area contributed by atoms with Gasteiger partial charge in [-0.15, -0.1) is 0 Å². The van der Waals surface area contributed by atoms with Crippen molar-refractivity contribution in [1.82, 2.24) is 10.6 Å². The molecule has 0 aromatic rings. The van der Waals surface area contributed by atoms with Gasteiger partial charge in [-0.2, -0.15) is 0 Å². The van der Waals surface area contributed by atoms with Gasteiger partial charge in [-0.25, -0.2) is 0 Å². The maximum absolute atomic E-state index is 10.8. The van der Waals surface area contributed by atoms with Crippen LogP contribution in [0.1, 0.15) is 0 Å². The Morgan fingerprint density at radius 3 is 2.58 bits per heavy atom. The summed E-state index contributed by atoms with van der Waals surface area (Å²) in [4.78, 5) is 20.2. The van der Waals surface area contributed by atoms with Crippen LogP contribution in [0.5, 0.6) is 0 Å². The fraction of sp³-hybridized carbons (Fsp3) is 0.250. The van der Waals surface area contributed by atoms with Gasteiger partial charge in [0.25, 0.3) is 0 Å². The Bertz CT molecular complexity index is 275. The Morgan fingerprint density at radius 1 is 1.58 bits per heavy atom. The molecule has 1 amide bonds. The van der Waals surface area contributed by atoms with E-state index in [4.69, 9.17) is 17.3 Å². The summed E-state index contributed by atoms with van der Waals surface area (Å²) in [6, 6.07) is 0. The molecule has 0 saturated heterocycles. The first-order valence-corrected chi connectivity index (χ1v) is 3.27. The zero-order chi connectivity index (χ0) is 9.30. The van der Waals surface area contributed by atoms with Crippen LogP contribution >= 0.6 is 11.6 Å². The number of nitro groups is 1. The zero-order valence-corrected chi connectivity index (χ0v) is 6.46. The predicted molar refractivity (Wildman–Crippen MR) is 39.1 cm³/mol. The largest absolute Gasteiger partial charge is 0.368 e. The second kappa shape index (κ2) is 2.95. The van der Waals surface area contributed by atoms with Crippen LogP contribution in [0, 0.1) is 10.1 Å². The van der Waals surface area contributed by atoms with E-state index >= 15 is 0 Å². The molecule has 0 saturated carbocycles. The molecule has 0 spiro atoms. The summed E-state index contributed by atoms with van der Waals surface area (Å²) in [5.41, 5.74) is 4.47. The van der Waals surface area contributed by atoms with E-state index in [1.807, 2.05) is 0 Å².